The van der Waals surface area contributed by atoms with Gasteiger partial charge in [0.25, 0.3) is 0 Å². The van der Waals surface area contributed by atoms with Crippen molar-refractivity contribution >= 4 is 11.9 Å². The summed E-state index contributed by atoms with van der Waals surface area (Å²) in [6.45, 7) is 2.16. The predicted molar refractivity (Wildman–Crippen MR) is 87.5 cm³/mol. The first-order valence-electron chi connectivity index (χ1n) is 7.63. The van der Waals surface area contributed by atoms with Gasteiger partial charge in [-0.1, -0.05) is 42.5 Å². The number of aromatic carboxylic acids is 1. The summed E-state index contributed by atoms with van der Waals surface area (Å²) < 4.78 is 5.07. The Labute approximate surface area is 135 Å². The van der Waals surface area contributed by atoms with Gasteiger partial charge in [-0.3, -0.25) is 4.79 Å². The number of carboxylic acids is 1. The van der Waals surface area contributed by atoms with Gasteiger partial charge in [0.15, 0.2) is 0 Å². The van der Waals surface area contributed by atoms with E-state index in [0.29, 0.717) is 19.4 Å². The molecule has 0 saturated heterocycles. The molecule has 0 saturated carbocycles. The largest absolute Gasteiger partial charge is 0.478 e. The van der Waals surface area contributed by atoms with Crippen molar-refractivity contribution < 1.29 is 19.4 Å². The Bertz CT molecular complexity index is 647. The summed E-state index contributed by atoms with van der Waals surface area (Å²) in [5, 5.41) is 8.95. The second kappa shape index (κ2) is 8.13. The van der Waals surface area contributed by atoms with E-state index in [-0.39, 0.29) is 17.5 Å². The molecule has 0 heterocycles. The quantitative estimate of drug-likeness (QED) is 0.792. The second-order valence-corrected chi connectivity index (χ2v) is 5.32. The molecule has 2 aromatic carbocycles. The third-order valence-electron chi connectivity index (χ3n) is 3.67. The molecule has 23 heavy (non-hydrogen) atoms. The number of carboxylic acid groups (broad SMARTS) is 1. The maximum atomic E-state index is 11.9. The summed E-state index contributed by atoms with van der Waals surface area (Å²) in [5.74, 6) is -1.16. The van der Waals surface area contributed by atoms with Gasteiger partial charge >= 0.3 is 11.9 Å². The van der Waals surface area contributed by atoms with Crippen molar-refractivity contribution in [2.45, 2.75) is 25.7 Å². The fourth-order valence-electron chi connectivity index (χ4n) is 2.52. The molecule has 1 N–H and O–H groups in total. The van der Waals surface area contributed by atoms with Gasteiger partial charge in [0.1, 0.15) is 0 Å². The Morgan fingerprint density at radius 3 is 2.26 bits per heavy atom. The van der Waals surface area contributed by atoms with Crippen LogP contribution >= 0.6 is 0 Å². The Hall–Kier alpha value is -2.62. The van der Waals surface area contributed by atoms with Crippen molar-refractivity contribution in [1.82, 2.24) is 0 Å². The van der Waals surface area contributed by atoms with E-state index in [0.717, 1.165) is 11.1 Å². The van der Waals surface area contributed by atoms with Crippen LogP contribution in [0.1, 0.15) is 40.7 Å². The molecule has 1 atom stereocenters. The molecule has 0 aliphatic carbocycles. The van der Waals surface area contributed by atoms with Gasteiger partial charge in [-0.2, -0.15) is 0 Å². The van der Waals surface area contributed by atoms with Crippen LogP contribution in [0.25, 0.3) is 0 Å². The Morgan fingerprint density at radius 2 is 1.70 bits per heavy atom. The van der Waals surface area contributed by atoms with E-state index < -0.39 is 5.97 Å². The summed E-state index contributed by atoms with van der Waals surface area (Å²) in [6, 6.07) is 16.6. The zero-order chi connectivity index (χ0) is 16.7. The maximum absolute atomic E-state index is 11.9. The lowest BCUT2D eigenvalue weighted by molar-refractivity contribution is -0.143. The molecular weight excluding hydrogens is 292 g/mol. The summed E-state index contributed by atoms with van der Waals surface area (Å²) in [7, 11) is 0. The first kappa shape index (κ1) is 16.7. The van der Waals surface area contributed by atoms with Gasteiger partial charge in [0.05, 0.1) is 18.6 Å². The molecule has 0 aromatic heterocycles. The molecule has 0 radical (unpaired) electrons. The fraction of sp³-hybridized carbons (Fsp3) is 0.263. The molecule has 2 rings (SSSR count). The lowest BCUT2D eigenvalue weighted by atomic mass is 9.89. The van der Waals surface area contributed by atoms with Gasteiger partial charge in [-0.05, 0) is 42.5 Å². The zero-order valence-corrected chi connectivity index (χ0v) is 13.1. The molecule has 120 valence electrons. The van der Waals surface area contributed by atoms with E-state index in [1.165, 1.54) is 0 Å². The number of carbonyl (C=O) groups is 2. The van der Waals surface area contributed by atoms with Crippen LogP contribution in [-0.4, -0.2) is 23.7 Å². The number of esters is 1. The van der Waals surface area contributed by atoms with Crippen LogP contribution in [0.15, 0.2) is 54.6 Å². The number of rotatable bonds is 7. The normalized spacial score (nSPS) is 11.7. The van der Waals surface area contributed by atoms with Crippen LogP contribution in [0.5, 0.6) is 0 Å². The molecule has 0 fully saturated rings. The number of hydrogen-bond donors (Lipinski definition) is 1. The van der Waals surface area contributed by atoms with Crippen molar-refractivity contribution in [2.24, 2.45) is 0 Å². The predicted octanol–water partition coefficient (Wildman–Crippen LogP) is 3.66. The monoisotopic (exact) mass is 312 g/mol. The molecule has 1 unspecified atom stereocenters. The highest BCUT2D eigenvalue weighted by Gasteiger charge is 2.17. The highest BCUT2D eigenvalue weighted by molar-refractivity contribution is 5.87. The van der Waals surface area contributed by atoms with Crippen molar-refractivity contribution in [2.75, 3.05) is 6.61 Å². The van der Waals surface area contributed by atoms with Crippen molar-refractivity contribution in [3.63, 3.8) is 0 Å². The summed E-state index contributed by atoms with van der Waals surface area (Å²) in [5.41, 5.74) is 2.33. The van der Waals surface area contributed by atoms with Gasteiger partial charge in [-0.15, -0.1) is 0 Å². The highest BCUT2D eigenvalue weighted by Crippen LogP contribution is 2.25. The van der Waals surface area contributed by atoms with Gasteiger partial charge < -0.3 is 9.84 Å². The average Bonchev–Trinajstić information content (AvgIpc) is 2.56. The molecule has 0 aliphatic heterocycles. The second-order valence-electron chi connectivity index (χ2n) is 5.32. The van der Waals surface area contributed by atoms with Crippen LogP contribution in [-0.2, 0) is 16.0 Å². The minimum absolute atomic E-state index is 0.00549. The first-order valence-corrected chi connectivity index (χ1v) is 7.63. The third-order valence-corrected chi connectivity index (χ3v) is 3.67. The van der Waals surface area contributed by atoms with E-state index in [2.05, 4.69) is 0 Å². The van der Waals surface area contributed by atoms with Crippen LogP contribution in [0.3, 0.4) is 0 Å². The number of hydrogen-bond acceptors (Lipinski definition) is 3. The number of benzene rings is 2. The Balaban J connectivity index is 2.16. The molecule has 0 amide bonds. The minimum atomic E-state index is -0.942. The molecule has 4 heteroatoms. The van der Waals surface area contributed by atoms with Crippen LogP contribution in [0.2, 0.25) is 0 Å². The van der Waals surface area contributed by atoms with Gasteiger partial charge in [-0.25, -0.2) is 4.79 Å². The SMILES string of the molecule is CCOC(=O)CC(Cc1ccc(C(=O)O)cc1)c1ccccc1. The van der Waals surface area contributed by atoms with Crippen LogP contribution in [0, 0.1) is 0 Å². The molecule has 0 bridgehead atoms. The smallest absolute Gasteiger partial charge is 0.335 e. The summed E-state index contributed by atoms with van der Waals surface area (Å²) in [6.07, 6.45) is 0.960. The van der Waals surface area contributed by atoms with Crippen molar-refractivity contribution in [1.29, 1.82) is 0 Å². The lowest BCUT2D eigenvalue weighted by Gasteiger charge is -2.17. The average molecular weight is 312 g/mol. The summed E-state index contributed by atoms with van der Waals surface area (Å²) in [4.78, 5) is 22.8. The topological polar surface area (TPSA) is 63.6 Å². The van der Waals surface area contributed by atoms with Gasteiger partial charge in [0.2, 0.25) is 0 Å². The summed E-state index contributed by atoms with van der Waals surface area (Å²) >= 11 is 0. The van der Waals surface area contributed by atoms with Crippen molar-refractivity contribution in [3.05, 3.63) is 71.3 Å². The maximum Gasteiger partial charge on any atom is 0.335 e. The molecule has 2 aromatic rings. The van der Waals surface area contributed by atoms with Crippen LogP contribution < -0.4 is 0 Å². The standard InChI is InChI=1S/C19H20O4/c1-2-23-18(20)13-17(15-6-4-3-5-7-15)12-14-8-10-16(11-9-14)19(21)22/h3-11,17H,2,12-13H2,1H3,(H,21,22). The van der Waals surface area contributed by atoms with E-state index >= 15 is 0 Å². The lowest BCUT2D eigenvalue weighted by Crippen LogP contribution is -2.12. The highest BCUT2D eigenvalue weighted by atomic mass is 16.5. The molecular formula is C19H20O4. The molecule has 0 aliphatic rings. The van der Waals surface area contributed by atoms with Crippen LogP contribution in [0.4, 0.5) is 0 Å². The molecule has 4 nitrogen and oxygen atoms in total. The molecule has 0 spiro atoms. The van der Waals surface area contributed by atoms with Gasteiger partial charge in [0, 0.05) is 0 Å². The van der Waals surface area contributed by atoms with E-state index in [4.69, 9.17) is 9.84 Å². The zero-order valence-electron chi connectivity index (χ0n) is 13.1. The van der Waals surface area contributed by atoms with E-state index in [9.17, 15) is 9.59 Å². The Morgan fingerprint density at radius 1 is 1.04 bits per heavy atom. The third kappa shape index (κ3) is 4.95. The van der Waals surface area contributed by atoms with E-state index in [1.807, 2.05) is 30.3 Å². The minimum Gasteiger partial charge on any atom is -0.478 e. The Kier molecular flexibility index (Phi) is 5.92. The number of ether oxygens (including phenoxy) is 1. The number of carbonyl (C=O) groups excluding carboxylic acids is 1. The van der Waals surface area contributed by atoms with E-state index in [1.54, 1.807) is 31.2 Å². The fourth-order valence-corrected chi connectivity index (χ4v) is 2.52. The van der Waals surface area contributed by atoms with Crippen molar-refractivity contribution in [3.8, 4) is 0 Å². The first-order chi connectivity index (χ1) is 11.1.